The molecular formula is C31H70N4. The van der Waals surface area contributed by atoms with Gasteiger partial charge in [0.1, 0.15) is 0 Å². The Labute approximate surface area is 222 Å². The lowest BCUT2D eigenvalue weighted by Gasteiger charge is -2.03. The quantitative estimate of drug-likeness (QED) is 0.0777. The lowest BCUT2D eigenvalue weighted by atomic mass is 10.0. The van der Waals surface area contributed by atoms with Crippen LogP contribution in [0.1, 0.15) is 173 Å². The lowest BCUT2D eigenvalue weighted by Crippen LogP contribution is -1.97. The Bertz CT molecular complexity index is 295. The van der Waals surface area contributed by atoms with Crippen LogP contribution in [-0.4, -0.2) is 26.2 Å². The van der Waals surface area contributed by atoms with E-state index in [0.717, 1.165) is 26.2 Å². The average molecular weight is 499 g/mol. The zero-order chi connectivity index (χ0) is 25.9. The van der Waals surface area contributed by atoms with Crippen molar-refractivity contribution in [3.63, 3.8) is 0 Å². The topological polar surface area (TPSA) is 104 Å². The number of hydrogen-bond acceptors (Lipinski definition) is 4. The van der Waals surface area contributed by atoms with Gasteiger partial charge >= 0.3 is 0 Å². The van der Waals surface area contributed by atoms with E-state index in [1.54, 1.807) is 0 Å². The molecule has 0 aliphatic heterocycles. The summed E-state index contributed by atoms with van der Waals surface area (Å²) >= 11 is 0. The molecule has 0 aromatic carbocycles. The Morgan fingerprint density at radius 2 is 0.229 bits per heavy atom. The molecule has 0 unspecified atom stereocenters. The summed E-state index contributed by atoms with van der Waals surface area (Å²) in [6.45, 7) is 3.46. The highest BCUT2D eigenvalue weighted by Crippen LogP contribution is 2.13. The van der Waals surface area contributed by atoms with E-state index in [1.165, 1.54) is 173 Å². The number of hydrogen-bond donors (Lipinski definition) is 4. The fourth-order valence-electron chi connectivity index (χ4n) is 4.64. The molecule has 0 aliphatic rings. The van der Waals surface area contributed by atoms with Crippen LogP contribution >= 0.6 is 0 Å². The summed E-state index contributed by atoms with van der Waals surface area (Å²) in [4.78, 5) is 0. The Morgan fingerprint density at radius 1 is 0.143 bits per heavy atom. The first-order valence-corrected chi connectivity index (χ1v) is 16.1. The molecule has 0 saturated heterocycles. The summed E-state index contributed by atoms with van der Waals surface area (Å²) in [6.07, 6.45) is 37.2. The second-order valence-electron chi connectivity index (χ2n) is 10.7. The molecular weight excluding hydrogens is 428 g/mol. The third kappa shape index (κ3) is 41.2. The maximum absolute atomic E-state index is 5.47. The van der Waals surface area contributed by atoms with Crippen molar-refractivity contribution in [3.8, 4) is 0 Å². The molecule has 0 fully saturated rings. The third-order valence-corrected chi connectivity index (χ3v) is 7.07. The largest absolute Gasteiger partial charge is 0.330 e. The van der Waals surface area contributed by atoms with Gasteiger partial charge in [0.05, 0.1) is 0 Å². The van der Waals surface area contributed by atoms with Gasteiger partial charge in [0.15, 0.2) is 0 Å². The van der Waals surface area contributed by atoms with E-state index in [2.05, 4.69) is 0 Å². The van der Waals surface area contributed by atoms with Crippen molar-refractivity contribution in [1.29, 1.82) is 0 Å². The predicted molar refractivity (Wildman–Crippen MR) is 161 cm³/mol. The van der Waals surface area contributed by atoms with Crippen LogP contribution < -0.4 is 22.9 Å². The van der Waals surface area contributed by atoms with Crippen LogP contribution in [0.15, 0.2) is 0 Å². The Hall–Kier alpha value is -0.160. The van der Waals surface area contributed by atoms with Crippen LogP contribution in [0, 0.1) is 0 Å². The van der Waals surface area contributed by atoms with E-state index in [9.17, 15) is 0 Å². The molecule has 0 heterocycles. The molecule has 0 radical (unpaired) electrons. The molecule has 0 atom stereocenters. The molecule has 0 rings (SSSR count). The van der Waals surface area contributed by atoms with Crippen LogP contribution in [-0.2, 0) is 0 Å². The predicted octanol–water partition coefficient (Wildman–Crippen LogP) is 8.34. The SMILES string of the molecule is NCCCCCCCCCCCCCCCCN.NCCCCCCCCCCCCCCCN. The molecule has 4 heteroatoms. The summed E-state index contributed by atoms with van der Waals surface area (Å²) in [5, 5.41) is 0. The average Bonchev–Trinajstić information content (AvgIpc) is 2.87. The van der Waals surface area contributed by atoms with Gasteiger partial charge in [-0.15, -0.1) is 0 Å². The number of rotatable bonds is 29. The van der Waals surface area contributed by atoms with Gasteiger partial charge in [-0.1, -0.05) is 148 Å². The minimum atomic E-state index is 0.865. The smallest absolute Gasteiger partial charge is 0.00773 e. The molecule has 0 aliphatic carbocycles. The van der Waals surface area contributed by atoms with E-state index in [1.807, 2.05) is 0 Å². The van der Waals surface area contributed by atoms with Gasteiger partial charge in [-0.3, -0.25) is 0 Å². The van der Waals surface area contributed by atoms with Crippen molar-refractivity contribution in [2.45, 2.75) is 173 Å². The van der Waals surface area contributed by atoms with E-state index < -0.39 is 0 Å². The summed E-state index contributed by atoms with van der Waals surface area (Å²) < 4.78 is 0. The van der Waals surface area contributed by atoms with Crippen molar-refractivity contribution < 1.29 is 0 Å². The fourth-order valence-corrected chi connectivity index (χ4v) is 4.64. The zero-order valence-corrected chi connectivity index (χ0v) is 24.2. The molecule has 4 nitrogen and oxygen atoms in total. The summed E-state index contributed by atoms with van der Waals surface area (Å²) in [7, 11) is 0. The maximum Gasteiger partial charge on any atom is -0.00773 e. The van der Waals surface area contributed by atoms with Gasteiger partial charge < -0.3 is 22.9 Å². The van der Waals surface area contributed by atoms with Gasteiger partial charge in [0.25, 0.3) is 0 Å². The zero-order valence-electron chi connectivity index (χ0n) is 24.2. The minimum Gasteiger partial charge on any atom is -0.330 e. The van der Waals surface area contributed by atoms with Crippen LogP contribution in [0.5, 0.6) is 0 Å². The lowest BCUT2D eigenvalue weighted by molar-refractivity contribution is 0.534. The molecule has 0 saturated carbocycles. The second kappa shape index (κ2) is 38.4. The Morgan fingerprint density at radius 3 is 0.314 bits per heavy atom. The first-order chi connectivity index (χ1) is 17.3. The van der Waals surface area contributed by atoms with Gasteiger partial charge in [0.2, 0.25) is 0 Å². The van der Waals surface area contributed by atoms with Gasteiger partial charge in [-0.2, -0.15) is 0 Å². The molecule has 0 amide bonds. The Kier molecular flexibility index (Phi) is 40.6. The van der Waals surface area contributed by atoms with Gasteiger partial charge in [-0.25, -0.2) is 0 Å². The first kappa shape index (κ1) is 37.0. The summed E-state index contributed by atoms with van der Waals surface area (Å²) in [6, 6.07) is 0. The van der Waals surface area contributed by atoms with Crippen molar-refractivity contribution in [2.75, 3.05) is 26.2 Å². The van der Waals surface area contributed by atoms with Crippen molar-refractivity contribution in [3.05, 3.63) is 0 Å². The highest BCUT2D eigenvalue weighted by atomic mass is 14.5. The molecule has 0 aromatic rings. The normalized spacial score (nSPS) is 11.0. The summed E-state index contributed by atoms with van der Waals surface area (Å²) in [5.74, 6) is 0. The maximum atomic E-state index is 5.47. The van der Waals surface area contributed by atoms with E-state index >= 15 is 0 Å². The molecule has 0 bridgehead atoms. The second-order valence-corrected chi connectivity index (χ2v) is 10.7. The van der Waals surface area contributed by atoms with E-state index in [-0.39, 0.29) is 0 Å². The standard InChI is InChI=1S/C16H36N2.C15H34N2/c17-15-13-11-9-7-5-3-1-2-4-6-8-10-12-14-16-18;16-14-12-10-8-6-4-2-1-3-5-7-9-11-13-15-17/h1-18H2;1-17H2. The summed E-state index contributed by atoms with van der Waals surface area (Å²) in [5.41, 5.74) is 21.9. The number of unbranched alkanes of at least 4 members (excludes halogenated alkanes) is 25. The molecule has 0 aromatic heterocycles. The van der Waals surface area contributed by atoms with Crippen molar-refractivity contribution >= 4 is 0 Å². The van der Waals surface area contributed by atoms with E-state index in [4.69, 9.17) is 22.9 Å². The van der Waals surface area contributed by atoms with Gasteiger partial charge in [-0.05, 0) is 51.9 Å². The number of nitrogens with two attached hydrogens (primary N) is 4. The van der Waals surface area contributed by atoms with Crippen LogP contribution in [0.3, 0.4) is 0 Å². The van der Waals surface area contributed by atoms with Crippen molar-refractivity contribution in [2.24, 2.45) is 22.9 Å². The highest BCUT2D eigenvalue weighted by Gasteiger charge is 1.95. The fraction of sp³-hybridized carbons (Fsp3) is 1.00. The van der Waals surface area contributed by atoms with Crippen molar-refractivity contribution in [1.82, 2.24) is 0 Å². The third-order valence-electron chi connectivity index (χ3n) is 7.07. The Balaban J connectivity index is 0. The van der Waals surface area contributed by atoms with Crippen LogP contribution in [0.25, 0.3) is 0 Å². The van der Waals surface area contributed by atoms with Crippen LogP contribution in [0.4, 0.5) is 0 Å². The van der Waals surface area contributed by atoms with Gasteiger partial charge in [0, 0.05) is 0 Å². The van der Waals surface area contributed by atoms with E-state index in [0.29, 0.717) is 0 Å². The molecule has 214 valence electrons. The molecule has 8 N–H and O–H groups in total. The highest BCUT2D eigenvalue weighted by molar-refractivity contribution is 4.51. The van der Waals surface area contributed by atoms with Crippen LogP contribution in [0.2, 0.25) is 0 Å². The monoisotopic (exact) mass is 499 g/mol. The molecule has 35 heavy (non-hydrogen) atoms. The minimum absolute atomic E-state index is 0.865. The first-order valence-electron chi connectivity index (χ1n) is 16.1. The molecule has 0 spiro atoms.